The first-order chi connectivity index (χ1) is 15.3. The van der Waals surface area contributed by atoms with E-state index in [1.54, 1.807) is 6.07 Å². The van der Waals surface area contributed by atoms with Crippen LogP contribution in [0.2, 0.25) is 0 Å². The van der Waals surface area contributed by atoms with Crippen molar-refractivity contribution >= 4 is 11.4 Å². The van der Waals surface area contributed by atoms with Gasteiger partial charge >= 0.3 is 5.69 Å². The lowest BCUT2D eigenvalue weighted by Gasteiger charge is -2.28. The van der Waals surface area contributed by atoms with Gasteiger partial charge in [0.15, 0.2) is 5.82 Å². The molecule has 2 aromatic carbocycles. The van der Waals surface area contributed by atoms with Crippen molar-refractivity contribution in [2.24, 2.45) is 11.7 Å². The zero-order chi connectivity index (χ0) is 22.8. The second-order valence-corrected chi connectivity index (χ2v) is 8.54. The monoisotopic (exact) mass is 438 g/mol. The maximum Gasteiger partial charge on any atom is 0.348 e. The number of nitrogens with two attached hydrogens (primary N) is 2. The predicted octanol–water partition coefficient (Wildman–Crippen LogP) is 2.40. The molecule has 0 spiro atoms. The number of ether oxygens (including phenoxy) is 1. The third kappa shape index (κ3) is 4.35. The molecule has 1 aliphatic rings. The highest BCUT2D eigenvalue weighted by atomic mass is 16.5. The Hall–Kier alpha value is -3.30. The van der Waals surface area contributed by atoms with Gasteiger partial charge < -0.3 is 26.2 Å². The maximum atomic E-state index is 12.6. The standard InChI is InChI=1S/C23H30N6O3/c1-14(2)11-19(24)17-12-18(21(30)13-20(17)25)22-26-27-23(31)29(22)16-5-3-15(4-6-16)28-7-9-32-10-8-28/h3-6,12-14,19,30H,7-11,24-25H2,1-2H3,(H,27,31). The summed E-state index contributed by atoms with van der Waals surface area (Å²) >= 11 is 0. The second kappa shape index (κ2) is 9.05. The number of aromatic amines is 1. The van der Waals surface area contributed by atoms with E-state index >= 15 is 0 Å². The van der Waals surface area contributed by atoms with Crippen molar-refractivity contribution in [1.82, 2.24) is 14.8 Å². The molecule has 1 atom stereocenters. The van der Waals surface area contributed by atoms with E-state index in [2.05, 4.69) is 28.9 Å². The highest BCUT2D eigenvalue weighted by Gasteiger charge is 2.21. The summed E-state index contributed by atoms with van der Waals surface area (Å²) in [5.41, 5.74) is 15.3. The average molecular weight is 439 g/mol. The van der Waals surface area contributed by atoms with E-state index < -0.39 is 5.69 Å². The number of nitrogens with one attached hydrogen (secondary N) is 1. The van der Waals surface area contributed by atoms with Gasteiger partial charge in [0, 0.05) is 36.6 Å². The van der Waals surface area contributed by atoms with Crippen LogP contribution in [0.15, 0.2) is 41.2 Å². The molecule has 170 valence electrons. The van der Waals surface area contributed by atoms with E-state index in [1.807, 2.05) is 24.3 Å². The Bertz CT molecular complexity index is 1130. The van der Waals surface area contributed by atoms with E-state index in [0.717, 1.165) is 30.8 Å². The van der Waals surface area contributed by atoms with Crippen molar-refractivity contribution in [2.45, 2.75) is 26.3 Å². The van der Waals surface area contributed by atoms with Crippen molar-refractivity contribution < 1.29 is 9.84 Å². The average Bonchev–Trinajstić information content (AvgIpc) is 3.15. The lowest BCUT2D eigenvalue weighted by atomic mass is 9.94. The number of nitrogens with zero attached hydrogens (tertiary/aromatic N) is 3. The third-order valence-corrected chi connectivity index (χ3v) is 5.72. The Morgan fingerprint density at radius 1 is 1.16 bits per heavy atom. The van der Waals surface area contributed by atoms with Crippen LogP contribution in [0.25, 0.3) is 17.1 Å². The summed E-state index contributed by atoms with van der Waals surface area (Å²) in [5.74, 6) is 0.619. The molecule has 1 saturated heterocycles. The van der Waals surface area contributed by atoms with E-state index in [9.17, 15) is 9.90 Å². The summed E-state index contributed by atoms with van der Waals surface area (Å²) in [6.45, 7) is 7.23. The molecule has 6 N–H and O–H groups in total. The zero-order valence-electron chi connectivity index (χ0n) is 18.4. The van der Waals surface area contributed by atoms with E-state index in [0.29, 0.717) is 41.9 Å². The summed E-state index contributed by atoms with van der Waals surface area (Å²) in [6, 6.07) is 10.6. The first kappa shape index (κ1) is 21.9. The van der Waals surface area contributed by atoms with Crippen LogP contribution in [0.3, 0.4) is 0 Å². The second-order valence-electron chi connectivity index (χ2n) is 8.54. The third-order valence-electron chi connectivity index (χ3n) is 5.72. The molecule has 1 unspecified atom stereocenters. The number of phenolic OH excluding ortho intramolecular Hbond substituents is 1. The fourth-order valence-corrected chi connectivity index (χ4v) is 4.11. The van der Waals surface area contributed by atoms with E-state index in [-0.39, 0.29) is 11.8 Å². The highest BCUT2D eigenvalue weighted by molar-refractivity contribution is 5.72. The van der Waals surface area contributed by atoms with Gasteiger partial charge in [0.05, 0.1) is 24.5 Å². The summed E-state index contributed by atoms with van der Waals surface area (Å²) in [4.78, 5) is 14.9. The number of morpholine rings is 1. The van der Waals surface area contributed by atoms with Gasteiger partial charge in [0.2, 0.25) is 0 Å². The number of benzene rings is 2. The minimum atomic E-state index is -0.400. The first-order valence-electron chi connectivity index (χ1n) is 10.8. The van der Waals surface area contributed by atoms with Gasteiger partial charge in [-0.25, -0.2) is 14.5 Å². The Balaban J connectivity index is 1.72. The molecule has 1 aliphatic heterocycles. The number of rotatable bonds is 6. The van der Waals surface area contributed by atoms with Crippen LogP contribution in [0.1, 0.15) is 31.9 Å². The molecule has 1 aromatic heterocycles. The number of hydrogen-bond acceptors (Lipinski definition) is 7. The van der Waals surface area contributed by atoms with Crippen LogP contribution < -0.4 is 22.1 Å². The van der Waals surface area contributed by atoms with Crippen LogP contribution >= 0.6 is 0 Å². The van der Waals surface area contributed by atoms with Gasteiger partial charge in [-0.2, -0.15) is 5.10 Å². The molecule has 0 radical (unpaired) electrons. The van der Waals surface area contributed by atoms with E-state index in [4.69, 9.17) is 16.2 Å². The SMILES string of the molecule is CC(C)CC(N)c1cc(-c2n[nH]c(=O)n2-c2ccc(N3CCOCC3)cc2)c(O)cc1N. The fourth-order valence-electron chi connectivity index (χ4n) is 4.11. The maximum absolute atomic E-state index is 12.6. The number of hydrogen-bond donors (Lipinski definition) is 4. The Kier molecular flexibility index (Phi) is 6.20. The van der Waals surface area contributed by atoms with Crippen molar-refractivity contribution in [1.29, 1.82) is 0 Å². The minimum absolute atomic E-state index is 0.0619. The van der Waals surface area contributed by atoms with Gasteiger partial charge in [-0.05, 0) is 48.2 Å². The largest absolute Gasteiger partial charge is 0.507 e. The first-order valence-corrected chi connectivity index (χ1v) is 10.8. The molecule has 9 nitrogen and oxygen atoms in total. The Labute approximate surface area is 186 Å². The molecule has 0 saturated carbocycles. The molecule has 0 amide bonds. The fraction of sp³-hybridized carbons (Fsp3) is 0.391. The lowest BCUT2D eigenvalue weighted by molar-refractivity contribution is 0.122. The quantitative estimate of drug-likeness (QED) is 0.434. The summed E-state index contributed by atoms with van der Waals surface area (Å²) in [6.07, 6.45) is 0.741. The molecule has 32 heavy (non-hydrogen) atoms. The smallest absolute Gasteiger partial charge is 0.348 e. The molecule has 3 aromatic rings. The van der Waals surface area contributed by atoms with E-state index in [1.165, 1.54) is 10.6 Å². The molecule has 2 heterocycles. The zero-order valence-corrected chi connectivity index (χ0v) is 18.4. The van der Waals surface area contributed by atoms with Crippen LogP contribution in [0.4, 0.5) is 11.4 Å². The molecule has 0 aliphatic carbocycles. The van der Waals surface area contributed by atoms with Crippen molar-refractivity contribution in [3.05, 3.63) is 52.4 Å². The van der Waals surface area contributed by atoms with Gasteiger partial charge in [0.25, 0.3) is 0 Å². The molecule has 0 bridgehead atoms. The highest BCUT2D eigenvalue weighted by Crippen LogP contribution is 2.36. The summed E-state index contributed by atoms with van der Waals surface area (Å²) < 4.78 is 6.85. The Morgan fingerprint density at radius 2 is 1.81 bits per heavy atom. The number of aromatic nitrogens is 3. The van der Waals surface area contributed by atoms with Crippen LogP contribution in [0, 0.1) is 5.92 Å². The Morgan fingerprint density at radius 3 is 2.47 bits per heavy atom. The minimum Gasteiger partial charge on any atom is -0.507 e. The topological polar surface area (TPSA) is 135 Å². The number of aromatic hydroxyl groups is 1. The van der Waals surface area contributed by atoms with Crippen molar-refractivity contribution in [3.8, 4) is 22.8 Å². The summed E-state index contributed by atoms with van der Waals surface area (Å²) in [5, 5.41) is 17.3. The number of H-pyrrole nitrogens is 1. The van der Waals surface area contributed by atoms with Gasteiger partial charge in [-0.15, -0.1) is 0 Å². The van der Waals surface area contributed by atoms with Crippen LogP contribution in [-0.4, -0.2) is 46.2 Å². The van der Waals surface area contributed by atoms with Crippen LogP contribution in [0.5, 0.6) is 5.75 Å². The molecule has 9 heteroatoms. The number of anilines is 2. The lowest BCUT2D eigenvalue weighted by Crippen LogP contribution is -2.36. The molecular formula is C23H30N6O3. The molecular weight excluding hydrogens is 408 g/mol. The van der Waals surface area contributed by atoms with Gasteiger partial charge in [0.1, 0.15) is 5.75 Å². The molecule has 1 fully saturated rings. The number of nitrogen functional groups attached to an aromatic ring is 1. The molecule has 4 rings (SSSR count). The van der Waals surface area contributed by atoms with Gasteiger partial charge in [-0.3, -0.25) is 0 Å². The predicted molar refractivity (Wildman–Crippen MR) is 125 cm³/mol. The summed E-state index contributed by atoms with van der Waals surface area (Å²) in [7, 11) is 0. The van der Waals surface area contributed by atoms with Crippen molar-refractivity contribution in [3.63, 3.8) is 0 Å². The number of phenols is 1. The normalized spacial score (nSPS) is 15.3. The van der Waals surface area contributed by atoms with Gasteiger partial charge in [-0.1, -0.05) is 13.8 Å². The van der Waals surface area contributed by atoms with Crippen LogP contribution in [-0.2, 0) is 4.74 Å². The van der Waals surface area contributed by atoms with Crippen molar-refractivity contribution in [2.75, 3.05) is 36.9 Å².